The third-order valence-corrected chi connectivity index (χ3v) is 3.03. The van der Waals surface area contributed by atoms with Crippen molar-refractivity contribution in [3.63, 3.8) is 0 Å². The predicted octanol–water partition coefficient (Wildman–Crippen LogP) is 3.29. The number of halogens is 1. The van der Waals surface area contributed by atoms with Gasteiger partial charge in [0.05, 0.1) is 0 Å². The molecule has 0 bridgehead atoms. The number of fused-ring (bicyclic) bond motifs is 1. The minimum atomic E-state index is 0.0593. The molecule has 2 rings (SSSR count). The van der Waals surface area contributed by atoms with Gasteiger partial charge in [-0.05, 0) is 24.6 Å². The van der Waals surface area contributed by atoms with Crippen molar-refractivity contribution in [2.45, 2.75) is 38.3 Å². The van der Waals surface area contributed by atoms with E-state index in [0.717, 1.165) is 35.6 Å². The van der Waals surface area contributed by atoms with Crippen molar-refractivity contribution in [2.75, 3.05) is 0 Å². The topological polar surface area (TPSA) is 35.2 Å². The molecule has 1 aliphatic rings. The maximum atomic E-state index is 6.10. The minimum Gasteiger partial charge on any atom is -0.490 e. The van der Waals surface area contributed by atoms with E-state index < -0.39 is 0 Å². The maximum absolute atomic E-state index is 6.10. The van der Waals surface area contributed by atoms with Crippen molar-refractivity contribution in [2.24, 2.45) is 5.73 Å². The van der Waals surface area contributed by atoms with Crippen LogP contribution in [0.4, 0.5) is 0 Å². The third kappa shape index (κ3) is 2.27. The van der Waals surface area contributed by atoms with E-state index in [-0.39, 0.29) is 12.1 Å². The Morgan fingerprint density at radius 2 is 2.33 bits per heavy atom. The Kier molecular flexibility index (Phi) is 3.17. The molecule has 2 nitrogen and oxygen atoms in total. The zero-order valence-corrected chi connectivity index (χ0v) is 9.63. The van der Waals surface area contributed by atoms with Gasteiger partial charge in [0, 0.05) is 23.0 Å². The Labute approximate surface area is 95.4 Å². The molecule has 0 saturated heterocycles. The van der Waals surface area contributed by atoms with Crippen LogP contribution in [0.1, 0.15) is 37.8 Å². The zero-order valence-electron chi connectivity index (χ0n) is 8.87. The molecule has 82 valence electrons. The van der Waals surface area contributed by atoms with Crippen molar-refractivity contribution < 1.29 is 4.74 Å². The van der Waals surface area contributed by atoms with E-state index >= 15 is 0 Å². The second-order valence-corrected chi connectivity index (χ2v) is 4.49. The van der Waals surface area contributed by atoms with E-state index in [0.29, 0.717) is 0 Å². The lowest BCUT2D eigenvalue weighted by Crippen LogP contribution is -2.29. The summed E-state index contributed by atoms with van der Waals surface area (Å²) >= 11 is 5.93. The predicted molar refractivity (Wildman–Crippen MR) is 62.3 cm³/mol. The highest BCUT2D eigenvalue weighted by molar-refractivity contribution is 6.30. The molecule has 0 saturated carbocycles. The van der Waals surface area contributed by atoms with Gasteiger partial charge in [0.15, 0.2) is 0 Å². The minimum absolute atomic E-state index is 0.0593. The van der Waals surface area contributed by atoms with Gasteiger partial charge < -0.3 is 10.5 Å². The first kappa shape index (κ1) is 10.8. The van der Waals surface area contributed by atoms with Gasteiger partial charge in [0.1, 0.15) is 11.9 Å². The van der Waals surface area contributed by atoms with Crippen LogP contribution in [0.15, 0.2) is 18.2 Å². The molecule has 1 aliphatic heterocycles. The molecule has 0 spiro atoms. The molecule has 3 heteroatoms. The zero-order chi connectivity index (χ0) is 10.8. The van der Waals surface area contributed by atoms with Crippen LogP contribution in [-0.4, -0.2) is 6.10 Å². The Morgan fingerprint density at radius 3 is 3.07 bits per heavy atom. The highest BCUT2D eigenvalue weighted by Gasteiger charge is 2.25. The van der Waals surface area contributed by atoms with Crippen LogP contribution in [0, 0.1) is 0 Å². The number of benzene rings is 1. The number of rotatable bonds is 2. The van der Waals surface area contributed by atoms with Crippen LogP contribution in [0.2, 0.25) is 5.02 Å². The summed E-state index contributed by atoms with van der Waals surface area (Å²) in [6.07, 6.45) is 3.34. The molecule has 0 aromatic heterocycles. The highest BCUT2D eigenvalue weighted by atomic mass is 35.5. The van der Waals surface area contributed by atoms with Gasteiger partial charge in [-0.25, -0.2) is 0 Å². The van der Waals surface area contributed by atoms with Crippen molar-refractivity contribution in [3.8, 4) is 5.75 Å². The van der Waals surface area contributed by atoms with Gasteiger partial charge in [0.2, 0.25) is 0 Å². The monoisotopic (exact) mass is 225 g/mol. The third-order valence-electron chi connectivity index (χ3n) is 2.79. The van der Waals surface area contributed by atoms with Gasteiger partial charge in [0.25, 0.3) is 0 Å². The molecule has 0 amide bonds. The number of ether oxygens (including phenoxy) is 1. The summed E-state index contributed by atoms with van der Waals surface area (Å²) in [6.45, 7) is 2.16. The van der Waals surface area contributed by atoms with Crippen LogP contribution in [-0.2, 0) is 0 Å². The van der Waals surface area contributed by atoms with Gasteiger partial charge in [-0.2, -0.15) is 0 Å². The van der Waals surface area contributed by atoms with E-state index in [1.165, 1.54) is 0 Å². The first-order valence-electron chi connectivity index (χ1n) is 5.42. The fourth-order valence-corrected chi connectivity index (χ4v) is 2.23. The molecule has 2 N–H and O–H groups in total. The smallest absolute Gasteiger partial charge is 0.124 e. The summed E-state index contributed by atoms with van der Waals surface area (Å²) < 4.78 is 5.86. The van der Waals surface area contributed by atoms with Crippen molar-refractivity contribution in [1.82, 2.24) is 0 Å². The van der Waals surface area contributed by atoms with Crippen LogP contribution < -0.4 is 10.5 Å². The van der Waals surface area contributed by atoms with E-state index in [1.54, 1.807) is 0 Å². The van der Waals surface area contributed by atoms with Crippen LogP contribution in [0.3, 0.4) is 0 Å². The molecule has 2 atom stereocenters. The Balaban J connectivity index is 2.24. The summed E-state index contributed by atoms with van der Waals surface area (Å²) in [5.41, 5.74) is 7.13. The Morgan fingerprint density at radius 1 is 1.53 bits per heavy atom. The lowest BCUT2D eigenvalue weighted by molar-refractivity contribution is 0.149. The van der Waals surface area contributed by atoms with Crippen molar-refractivity contribution >= 4 is 11.6 Å². The Bertz CT molecular complexity index is 353. The molecule has 1 aromatic carbocycles. The van der Waals surface area contributed by atoms with Crippen molar-refractivity contribution in [1.29, 1.82) is 0 Å². The van der Waals surface area contributed by atoms with Crippen LogP contribution in [0.25, 0.3) is 0 Å². The first-order chi connectivity index (χ1) is 7.20. The second-order valence-electron chi connectivity index (χ2n) is 4.05. The molecule has 0 radical (unpaired) electrons. The standard InChI is InChI=1S/C12H16ClNO/c1-2-3-9-7-11(14)10-6-8(13)4-5-12(10)15-9/h4-6,9,11H,2-3,7,14H2,1H3/t9?,11-/m1/s1. The van der Waals surface area contributed by atoms with Gasteiger partial charge in [-0.3, -0.25) is 0 Å². The largest absolute Gasteiger partial charge is 0.490 e. The SMILES string of the molecule is CCCC1C[C@@H](N)c2cc(Cl)ccc2O1. The molecule has 0 fully saturated rings. The molecule has 1 heterocycles. The average molecular weight is 226 g/mol. The lowest BCUT2D eigenvalue weighted by Gasteiger charge is -2.30. The summed E-state index contributed by atoms with van der Waals surface area (Å²) in [5, 5.41) is 0.724. The molecule has 15 heavy (non-hydrogen) atoms. The summed E-state index contributed by atoms with van der Waals surface area (Å²) in [4.78, 5) is 0. The summed E-state index contributed by atoms with van der Waals surface area (Å²) in [7, 11) is 0. The fourth-order valence-electron chi connectivity index (χ4n) is 2.05. The van der Waals surface area contributed by atoms with E-state index in [1.807, 2.05) is 18.2 Å². The maximum Gasteiger partial charge on any atom is 0.124 e. The van der Waals surface area contributed by atoms with Crippen LogP contribution >= 0.6 is 11.6 Å². The average Bonchev–Trinajstić information content (AvgIpc) is 2.20. The normalized spacial score (nSPS) is 24.5. The van der Waals surface area contributed by atoms with E-state index in [4.69, 9.17) is 22.1 Å². The first-order valence-corrected chi connectivity index (χ1v) is 5.80. The summed E-state index contributed by atoms with van der Waals surface area (Å²) in [6, 6.07) is 5.73. The molecular weight excluding hydrogens is 210 g/mol. The number of nitrogens with two attached hydrogens (primary N) is 1. The van der Waals surface area contributed by atoms with Crippen LogP contribution in [0.5, 0.6) is 5.75 Å². The van der Waals surface area contributed by atoms with E-state index in [9.17, 15) is 0 Å². The molecular formula is C12H16ClNO. The molecule has 1 aromatic rings. The van der Waals surface area contributed by atoms with Gasteiger partial charge in [-0.15, -0.1) is 0 Å². The number of hydrogen-bond acceptors (Lipinski definition) is 2. The van der Waals surface area contributed by atoms with Gasteiger partial charge in [-0.1, -0.05) is 24.9 Å². The highest BCUT2D eigenvalue weighted by Crippen LogP contribution is 2.36. The van der Waals surface area contributed by atoms with E-state index in [2.05, 4.69) is 6.92 Å². The Hall–Kier alpha value is -0.730. The molecule has 1 unspecified atom stereocenters. The lowest BCUT2D eigenvalue weighted by atomic mass is 9.95. The fraction of sp³-hybridized carbons (Fsp3) is 0.500. The quantitative estimate of drug-likeness (QED) is 0.838. The van der Waals surface area contributed by atoms with Crippen molar-refractivity contribution in [3.05, 3.63) is 28.8 Å². The second kappa shape index (κ2) is 4.42. The number of hydrogen-bond donors (Lipinski definition) is 1. The van der Waals surface area contributed by atoms with Gasteiger partial charge >= 0.3 is 0 Å². The summed E-state index contributed by atoms with van der Waals surface area (Å²) in [5.74, 6) is 0.900. The molecule has 0 aliphatic carbocycles.